The number of hydrogen-bond donors (Lipinski definition) is 1. The number of benzene rings is 2. The zero-order valence-corrected chi connectivity index (χ0v) is 16.7. The third kappa shape index (κ3) is 3.76. The Balaban J connectivity index is 1.70. The van der Waals surface area contributed by atoms with Gasteiger partial charge in [0.05, 0.1) is 0 Å². The molecular weight excluding hydrogens is 354 g/mol. The zero-order chi connectivity index (χ0) is 20.5. The predicted octanol–water partition coefficient (Wildman–Crippen LogP) is 2.73. The number of likely N-dealkylation sites (N-methyl/N-ethyl adjacent to an activating group) is 1. The fraction of sp³-hybridized carbons (Fsp3) is 0.318. The molecule has 1 heterocycles. The lowest BCUT2D eigenvalue weighted by Gasteiger charge is -2.23. The lowest BCUT2D eigenvalue weighted by Crippen LogP contribution is -2.43. The third-order valence-electron chi connectivity index (χ3n) is 5.16. The molecule has 1 aliphatic rings. The third-order valence-corrected chi connectivity index (χ3v) is 5.16. The van der Waals surface area contributed by atoms with Crippen LogP contribution in [-0.2, 0) is 21.7 Å². The highest BCUT2D eigenvalue weighted by atomic mass is 16.2. The van der Waals surface area contributed by atoms with Gasteiger partial charge in [-0.1, -0.05) is 59.7 Å². The molecule has 0 aliphatic carbocycles. The first-order chi connectivity index (χ1) is 13.2. The molecule has 0 saturated carbocycles. The quantitative estimate of drug-likeness (QED) is 0.812. The van der Waals surface area contributed by atoms with Crippen molar-refractivity contribution in [2.75, 3.05) is 13.6 Å². The van der Waals surface area contributed by atoms with Crippen LogP contribution in [-0.4, -0.2) is 41.2 Å². The van der Waals surface area contributed by atoms with E-state index in [1.54, 1.807) is 14.0 Å². The Labute approximate surface area is 165 Å². The number of hydrogen-bond acceptors (Lipinski definition) is 3. The van der Waals surface area contributed by atoms with Crippen molar-refractivity contribution in [3.8, 4) is 0 Å². The number of rotatable bonds is 5. The molecule has 0 spiro atoms. The van der Waals surface area contributed by atoms with Gasteiger partial charge in [-0.15, -0.1) is 0 Å². The Kier molecular flexibility index (Phi) is 5.23. The van der Waals surface area contributed by atoms with Gasteiger partial charge >= 0.3 is 6.03 Å². The van der Waals surface area contributed by atoms with Crippen LogP contribution in [0.2, 0.25) is 0 Å². The van der Waals surface area contributed by atoms with Crippen LogP contribution in [0.4, 0.5) is 4.79 Å². The average molecular weight is 379 g/mol. The zero-order valence-electron chi connectivity index (χ0n) is 16.7. The van der Waals surface area contributed by atoms with Crippen molar-refractivity contribution < 1.29 is 14.4 Å². The van der Waals surface area contributed by atoms with E-state index in [0.29, 0.717) is 12.1 Å². The van der Waals surface area contributed by atoms with Crippen LogP contribution in [0.5, 0.6) is 0 Å². The van der Waals surface area contributed by atoms with E-state index in [4.69, 9.17) is 0 Å². The summed E-state index contributed by atoms with van der Waals surface area (Å²) in [5.41, 5.74) is 2.73. The number of amides is 4. The summed E-state index contributed by atoms with van der Waals surface area (Å²) in [5.74, 6) is -0.712. The summed E-state index contributed by atoms with van der Waals surface area (Å²) in [7, 11) is 1.67. The second-order valence-corrected chi connectivity index (χ2v) is 7.55. The van der Waals surface area contributed by atoms with Crippen LogP contribution in [0.15, 0.2) is 48.5 Å². The minimum Gasteiger partial charge on any atom is -0.340 e. The number of imide groups is 1. The summed E-state index contributed by atoms with van der Waals surface area (Å²) in [6.45, 7) is 5.75. The number of carbonyl (C=O) groups is 3. The number of aryl methyl sites for hydroxylation is 2. The minimum absolute atomic E-state index is 0.283. The Hall–Kier alpha value is -3.15. The molecule has 0 aromatic heterocycles. The fourth-order valence-electron chi connectivity index (χ4n) is 3.23. The first kappa shape index (κ1) is 19.6. The largest absolute Gasteiger partial charge is 0.340 e. The van der Waals surface area contributed by atoms with E-state index in [1.165, 1.54) is 4.90 Å². The van der Waals surface area contributed by atoms with Crippen LogP contribution >= 0.6 is 0 Å². The van der Waals surface area contributed by atoms with E-state index >= 15 is 0 Å². The molecule has 0 radical (unpaired) electrons. The molecule has 2 aromatic rings. The van der Waals surface area contributed by atoms with Crippen molar-refractivity contribution in [1.82, 2.24) is 15.1 Å². The van der Waals surface area contributed by atoms with Crippen molar-refractivity contribution in [2.45, 2.75) is 32.9 Å². The second-order valence-electron chi connectivity index (χ2n) is 7.55. The van der Waals surface area contributed by atoms with Crippen LogP contribution < -0.4 is 5.32 Å². The molecule has 3 rings (SSSR count). The Bertz CT molecular complexity index is 906. The van der Waals surface area contributed by atoms with Crippen LogP contribution in [0.25, 0.3) is 0 Å². The molecule has 2 aromatic carbocycles. The molecule has 4 amide bonds. The molecular formula is C22H25N3O3. The van der Waals surface area contributed by atoms with Crippen LogP contribution in [0.3, 0.4) is 0 Å². The van der Waals surface area contributed by atoms with E-state index in [-0.39, 0.29) is 12.5 Å². The summed E-state index contributed by atoms with van der Waals surface area (Å²) >= 11 is 0. The van der Waals surface area contributed by atoms with Gasteiger partial charge in [0.1, 0.15) is 12.1 Å². The van der Waals surface area contributed by atoms with Gasteiger partial charge in [0, 0.05) is 13.6 Å². The maximum Gasteiger partial charge on any atom is 0.325 e. The van der Waals surface area contributed by atoms with Crippen molar-refractivity contribution in [1.29, 1.82) is 0 Å². The van der Waals surface area contributed by atoms with Gasteiger partial charge < -0.3 is 10.2 Å². The van der Waals surface area contributed by atoms with E-state index < -0.39 is 17.5 Å². The molecule has 0 unspecified atom stereocenters. The maximum absolute atomic E-state index is 12.9. The lowest BCUT2D eigenvalue weighted by atomic mass is 9.91. The highest BCUT2D eigenvalue weighted by Gasteiger charge is 2.49. The molecule has 6 heteroatoms. The van der Waals surface area contributed by atoms with Crippen LogP contribution in [0.1, 0.15) is 29.2 Å². The van der Waals surface area contributed by atoms with Crippen molar-refractivity contribution in [3.63, 3.8) is 0 Å². The number of nitrogens with zero attached hydrogens (tertiary/aromatic N) is 2. The number of nitrogens with one attached hydrogen (secondary N) is 1. The van der Waals surface area contributed by atoms with Crippen LogP contribution in [0, 0.1) is 13.8 Å². The Morgan fingerprint density at radius 1 is 1.00 bits per heavy atom. The monoisotopic (exact) mass is 379 g/mol. The van der Waals surface area contributed by atoms with Crippen molar-refractivity contribution in [2.24, 2.45) is 0 Å². The van der Waals surface area contributed by atoms with Gasteiger partial charge in [0.25, 0.3) is 5.91 Å². The topological polar surface area (TPSA) is 69.7 Å². The summed E-state index contributed by atoms with van der Waals surface area (Å²) in [6.07, 6.45) is 0. The molecule has 1 saturated heterocycles. The molecule has 1 atom stereocenters. The smallest absolute Gasteiger partial charge is 0.325 e. The number of carbonyl (C=O) groups excluding carboxylic acids is 3. The highest BCUT2D eigenvalue weighted by molar-refractivity contribution is 6.09. The molecule has 1 fully saturated rings. The van der Waals surface area contributed by atoms with E-state index in [2.05, 4.69) is 5.32 Å². The summed E-state index contributed by atoms with van der Waals surface area (Å²) in [5, 5.41) is 2.73. The van der Waals surface area contributed by atoms with Crippen molar-refractivity contribution >= 4 is 17.8 Å². The lowest BCUT2D eigenvalue weighted by molar-refractivity contribution is -0.138. The maximum atomic E-state index is 12.9. The Morgan fingerprint density at radius 3 is 2.11 bits per heavy atom. The molecule has 0 bridgehead atoms. The summed E-state index contributed by atoms with van der Waals surface area (Å²) in [6, 6.07) is 14.8. The standard InChI is InChI=1S/C22H25N3O3/c1-15-5-9-17(10-6-15)13-24(4)19(26)14-25-20(27)22(3,23-21(25)28)18-11-7-16(2)8-12-18/h5-12H,13-14H2,1-4H3,(H,23,28)/t22-/m0/s1. The summed E-state index contributed by atoms with van der Waals surface area (Å²) < 4.78 is 0. The fourth-order valence-corrected chi connectivity index (χ4v) is 3.23. The van der Waals surface area contributed by atoms with Gasteiger partial charge in [-0.25, -0.2) is 4.79 Å². The molecule has 1 aliphatic heterocycles. The SMILES string of the molecule is Cc1ccc(CN(C)C(=O)CN2C(=O)N[C@@](C)(c3ccc(C)cc3)C2=O)cc1. The first-order valence-electron chi connectivity index (χ1n) is 9.21. The second kappa shape index (κ2) is 7.46. The molecule has 1 N–H and O–H groups in total. The highest BCUT2D eigenvalue weighted by Crippen LogP contribution is 2.29. The predicted molar refractivity (Wildman–Crippen MR) is 106 cm³/mol. The van der Waals surface area contributed by atoms with Gasteiger partial charge in [0.2, 0.25) is 5.91 Å². The minimum atomic E-state index is -1.17. The van der Waals surface area contributed by atoms with E-state index in [9.17, 15) is 14.4 Å². The first-order valence-corrected chi connectivity index (χ1v) is 9.21. The summed E-state index contributed by atoms with van der Waals surface area (Å²) in [4.78, 5) is 40.5. The van der Waals surface area contributed by atoms with Gasteiger partial charge in [-0.05, 0) is 31.9 Å². The van der Waals surface area contributed by atoms with Gasteiger partial charge in [0.15, 0.2) is 0 Å². The molecule has 28 heavy (non-hydrogen) atoms. The molecule has 6 nitrogen and oxygen atoms in total. The van der Waals surface area contributed by atoms with Gasteiger partial charge in [-0.2, -0.15) is 0 Å². The van der Waals surface area contributed by atoms with Gasteiger partial charge in [-0.3, -0.25) is 14.5 Å². The number of urea groups is 1. The van der Waals surface area contributed by atoms with Crippen molar-refractivity contribution in [3.05, 3.63) is 70.8 Å². The van der Waals surface area contributed by atoms with E-state index in [1.807, 2.05) is 62.4 Å². The van der Waals surface area contributed by atoms with E-state index in [0.717, 1.165) is 21.6 Å². The Morgan fingerprint density at radius 2 is 1.54 bits per heavy atom. The molecule has 146 valence electrons. The average Bonchev–Trinajstić information content (AvgIpc) is 2.88. The normalized spacial score (nSPS) is 18.9.